The number of para-hydroxylation sites is 1. The summed E-state index contributed by atoms with van der Waals surface area (Å²) in [6, 6.07) is 13.1. The summed E-state index contributed by atoms with van der Waals surface area (Å²) in [6.45, 7) is -0.366. The van der Waals surface area contributed by atoms with E-state index in [1.165, 1.54) is 18.2 Å². The normalized spacial score (nSPS) is 15.7. The Kier molecular flexibility index (Phi) is 5.71. The van der Waals surface area contributed by atoms with Crippen molar-refractivity contribution in [3.63, 3.8) is 0 Å². The molecular weight excluding hydrogens is 347 g/mol. The van der Waals surface area contributed by atoms with Gasteiger partial charge in [-0.05, 0) is 24.3 Å². The fraction of sp³-hybridized carbons (Fsp3) is 0.0714. The number of anilines is 1. The first-order valence-corrected chi connectivity index (χ1v) is 7.79. The van der Waals surface area contributed by atoms with Crippen molar-refractivity contribution in [1.29, 1.82) is 0 Å². The summed E-state index contributed by atoms with van der Waals surface area (Å²) in [5, 5.41) is 10.0. The second-order valence-electron chi connectivity index (χ2n) is 4.60. The topological polar surface area (TPSA) is 95.9 Å². The van der Waals surface area contributed by atoms with Crippen molar-refractivity contribution in [2.75, 3.05) is 10.8 Å². The smallest absolute Gasteiger partial charge is 1.00 e. The van der Waals surface area contributed by atoms with Gasteiger partial charge in [-0.1, -0.05) is 18.2 Å². The number of carbonyl (C=O) groups excluding carboxylic acids is 1. The number of amides is 1. The van der Waals surface area contributed by atoms with Gasteiger partial charge in [0.25, 0.3) is 5.91 Å². The molecule has 0 aliphatic carbocycles. The summed E-state index contributed by atoms with van der Waals surface area (Å²) < 4.78 is 31.7. The Morgan fingerprint density at radius 3 is 2.39 bits per heavy atom. The zero-order valence-corrected chi connectivity index (χ0v) is 16.2. The maximum Gasteiger partial charge on any atom is 1.00 e. The number of phenols is 1. The SMILES string of the molecule is O=C1CN(c2ccc(Oc3ccccc3)cc2O)S(=O)(=O)N1.[H-].[K+]. The maximum absolute atomic E-state index is 11.8. The van der Waals surface area contributed by atoms with E-state index in [1.807, 2.05) is 10.8 Å². The molecule has 1 amide bonds. The van der Waals surface area contributed by atoms with E-state index in [-0.39, 0.29) is 70.8 Å². The van der Waals surface area contributed by atoms with Gasteiger partial charge in [0.1, 0.15) is 23.8 Å². The van der Waals surface area contributed by atoms with Crippen LogP contribution < -0.4 is 65.1 Å². The predicted octanol–water partition coefficient (Wildman–Crippen LogP) is -1.52. The molecule has 23 heavy (non-hydrogen) atoms. The first-order chi connectivity index (χ1) is 10.5. The molecule has 0 bridgehead atoms. The van der Waals surface area contributed by atoms with Gasteiger partial charge >= 0.3 is 61.6 Å². The first-order valence-electron chi connectivity index (χ1n) is 6.35. The number of phenolic OH excluding ortho intramolecular Hbond substituents is 1. The van der Waals surface area contributed by atoms with E-state index >= 15 is 0 Å². The summed E-state index contributed by atoms with van der Waals surface area (Å²) in [5.74, 6) is -0.0128. The Morgan fingerprint density at radius 1 is 1.13 bits per heavy atom. The van der Waals surface area contributed by atoms with E-state index in [4.69, 9.17) is 4.74 Å². The molecule has 0 spiro atoms. The number of rotatable bonds is 3. The molecule has 3 rings (SSSR count). The molecule has 1 aliphatic rings. The van der Waals surface area contributed by atoms with E-state index in [2.05, 4.69) is 0 Å². The second-order valence-corrected chi connectivity index (χ2v) is 6.20. The zero-order valence-electron chi connectivity index (χ0n) is 13.3. The van der Waals surface area contributed by atoms with E-state index < -0.39 is 16.1 Å². The van der Waals surface area contributed by atoms with Crippen molar-refractivity contribution in [2.24, 2.45) is 0 Å². The zero-order chi connectivity index (χ0) is 15.7. The number of nitrogens with zero attached hydrogens (tertiary/aromatic N) is 1. The summed E-state index contributed by atoms with van der Waals surface area (Å²) in [5.41, 5.74) is 0.0127. The van der Waals surface area contributed by atoms with Crippen LogP contribution in [0, 0.1) is 0 Å². The monoisotopic (exact) mass is 360 g/mol. The van der Waals surface area contributed by atoms with Crippen LogP contribution in [-0.4, -0.2) is 26.0 Å². The van der Waals surface area contributed by atoms with Crippen molar-refractivity contribution < 1.29 is 75.9 Å². The second kappa shape index (κ2) is 7.20. The first kappa shape index (κ1) is 18.2. The third kappa shape index (κ3) is 4.05. The van der Waals surface area contributed by atoms with E-state index in [0.29, 0.717) is 11.5 Å². The molecule has 1 saturated heterocycles. The molecule has 116 valence electrons. The molecule has 9 heteroatoms. The Labute approximate surface area is 177 Å². The van der Waals surface area contributed by atoms with Crippen LogP contribution in [0.25, 0.3) is 0 Å². The third-order valence-electron chi connectivity index (χ3n) is 3.01. The Balaban J connectivity index is 0.00000144. The van der Waals surface area contributed by atoms with E-state index in [0.717, 1.165) is 4.31 Å². The average molecular weight is 360 g/mol. The third-order valence-corrected chi connectivity index (χ3v) is 4.41. The molecule has 2 aromatic rings. The van der Waals surface area contributed by atoms with Gasteiger partial charge in [-0.25, -0.2) is 9.03 Å². The van der Waals surface area contributed by atoms with Crippen LogP contribution in [-0.2, 0) is 15.0 Å². The van der Waals surface area contributed by atoms with Crippen LogP contribution in [0.1, 0.15) is 1.43 Å². The molecule has 0 aromatic heterocycles. The Morgan fingerprint density at radius 2 is 1.83 bits per heavy atom. The number of benzene rings is 2. The van der Waals surface area contributed by atoms with Crippen molar-refractivity contribution in [2.45, 2.75) is 0 Å². The standard InChI is InChI=1S/C14H12N2O5S.K.H/c17-13-8-11(21-10-4-2-1-3-5-10)6-7-12(13)16-9-14(18)15-22(16,19)20;;/h1-8,17H,9H2,(H,15,18);;/q;+1;-1. The average Bonchev–Trinajstić information content (AvgIpc) is 2.73. The number of nitrogens with one attached hydrogen (secondary N) is 1. The Hall–Kier alpha value is -1.10. The minimum atomic E-state index is -3.95. The van der Waals surface area contributed by atoms with Gasteiger partial charge in [0.15, 0.2) is 0 Å². The Bertz CT molecular complexity index is 832. The quantitative estimate of drug-likeness (QED) is 0.649. The fourth-order valence-electron chi connectivity index (χ4n) is 2.06. The fourth-order valence-corrected chi connectivity index (χ4v) is 3.23. The van der Waals surface area contributed by atoms with Crippen molar-refractivity contribution in [1.82, 2.24) is 4.72 Å². The summed E-state index contributed by atoms with van der Waals surface area (Å²) in [7, 11) is -3.95. The summed E-state index contributed by atoms with van der Waals surface area (Å²) in [4.78, 5) is 11.2. The minimum absolute atomic E-state index is 0. The van der Waals surface area contributed by atoms with Crippen LogP contribution in [0.4, 0.5) is 5.69 Å². The van der Waals surface area contributed by atoms with Crippen molar-refractivity contribution in [3.05, 3.63) is 48.5 Å². The van der Waals surface area contributed by atoms with Gasteiger partial charge in [0.05, 0.1) is 5.69 Å². The molecule has 1 fully saturated rings. The summed E-state index contributed by atoms with van der Waals surface area (Å²) in [6.07, 6.45) is 0. The van der Waals surface area contributed by atoms with Crippen LogP contribution in [0.5, 0.6) is 17.2 Å². The largest absolute Gasteiger partial charge is 1.00 e. The minimum Gasteiger partial charge on any atom is -1.00 e. The van der Waals surface area contributed by atoms with Crippen LogP contribution in [0.15, 0.2) is 48.5 Å². The molecule has 7 nitrogen and oxygen atoms in total. The molecule has 0 radical (unpaired) electrons. The molecule has 1 aliphatic heterocycles. The van der Waals surface area contributed by atoms with Crippen molar-refractivity contribution in [3.8, 4) is 17.2 Å². The van der Waals surface area contributed by atoms with Gasteiger partial charge in [-0.2, -0.15) is 8.42 Å². The van der Waals surface area contributed by atoms with Gasteiger partial charge in [0.2, 0.25) is 0 Å². The molecule has 0 unspecified atom stereocenters. The predicted molar refractivity (Wildman–Crippen MR) is 80.1 cm³/mol. The van der Waals surface area contributed by atoms with Crippen LogP contribution in [0.3, 0.4) is 0 Å². The number of aromatic hydroxyl groups is 1. The number of hydrogen-bond donors (Lipinski definition) is 2. The number of hydrogen-bond acceptors (Lipinski definition) is 5. The van der Waals surface area contributed by atoms with E-state index in [1.54, 1.807) is 24.3 Å². The van der Waals surface area contributed by atoms with Crippen LogP contribution in [0.2, 0.25) is 0 Å². The molecule has 2 aromatic carbocycles. The summed E-state index contributed by atoms with van der Waals surface area (Å²) >= 11 is 0. The number of ether oxygens (including phenoxy) is 1. The van der Waals surface area contributed by atoms with E-state index in [9.17, 15) is 18.3 Å². The number of carbonyl (C=O) groups is 1. The molecule has 2 N–H and O–H groups in total. The van der Waals surface area contributed by atoms with Gasteiger partial charge < -0.3 is 11.3 Å². The van der Waals surface area contributed by atoms with Crippen molar-refractivity contribution >= 4 is 21.8 Å². The van der Waals surface area contributed by atoms with Crippen LogP contribution >= 0.6 is 0 Å². The maximum atomic E-state index is 11.8. The molecular formula is C14H13KN2O5S. The molecule has 1 heterocycles. The van der Waals surface area contributed by atoms with Gasteiger partial charge in [-0.15, -0.1) is 0 Å². The van der Waals surface area contributed by atoms with Gasteiger partial charge in [-0.3, -0.25) is 4.79 Å². The molecule has 0 saturated carbocycles. The molecule has 0 atom stereocenters. The van der Waals surface area contributed by atoms with Gasteiger partial charge in [0, 0.05) is 6.07 Å².